The zero-order valence-corrected chi connectivity index (χ0v) is 12.6. The van der Waals surface area contributed by atoms with Gasteiger partial charge in [0, 0.05) is 9.90 Å². The van der Waals surface area contributed by atoms with E-state index in [1.807, 2.05) is 13.8 Å². The standard InChI is InChI=1S/C11H18BrClO4/c1-8(2)10(14)15-6-9(5-13)17-16-7-11(3,4)12/h9H,1,5-7H2,2-4H3. The second kappa shape index (κ2) is 8.08. The van der Waals surface area contributed by atoms with E-state index in [0.29, 0.717) is 12.2 Å². The summed E-state index contributed by atoms with van der Waals surface area (Å²) in [5, 5.41) is 0. The molecular formula is C11H18BrClO4. The van der Waals surface area contributed by atoms with Gasteiger partial charge in [0.05, 0.1) is 12.5 Å². The van der Waals surface area contributed by atoms with Gasteiger partial charge < -0.3 is 4.74 Å². The molecule has 0 fully saturated rings. The average Bonchev–Trinajstić information content (AvgIpc) is 2.20. The molecule has 0 rings (SSSR count). The molecule has 0 aromatic rings. The van der Waals surface area contributed by atoms with E-state index >= 15 is 0 Å². The van der Waals surface area contributed by atoms with Crippen molar-refractivity contribution >= 4 is 33.5 Å². The summed E-state index contributed by atoms with van der Waals surface area (Å²) in [6.45, 7) is 9.31. The second-order valence-corrected chi connectivity index (χ2v) is 6.69. The van der Waals surface area contributed by atoms with Gasteiger partial charge in [-0.05, 0) is 20.8 Å². The molecule has 0 aromatic heterocycles. The normalized spacial score (nSPS) is 13.2. The van der Waals surface area contributed by atoms with Crippen LogP contribution in [0, 0.1) is 0 Å². The van der Waals surface area contributed by atoms with E-state index in [-0.39, 0.29) is 16.8 Å². The molecule has 0 heterocycles. The molecule has 0 aliphatic heterocycles. The van der Waals surface area contributed by atoms with E-state index in [1.165, 1.54) is 0 Å². The molecule has 0 saturated heterocycles. The van der Waals surface area contributed by atoms with Gasteiger partial charge in [-0.2, -0.15) is 0 Å². The molecule has 100 valence electrons. The fourth-order valence-electron chi connectivity index (χ4n) is 0.660. The molecule has 6 heteroatoms. The van der Waals surface area contributed by atoms with Crippen molar-refractivity contribution in [3.63, 3.8) is 0 Å². The summed E-state index contributed by atoms with van der Waals surface area (Å²) in [6, 6.07) is 0. The van der Waals surface area contributed by atoms with Crippen LogP contribution in [0.2, 0.25) is 0 Å². The Morgan fingerprint density at radius 3 is 2.53 bits per heavy atom. The van der Waals surface area contributed by atoms with Crippen molar-refractivity contribution in [1.82, 2.24) is 0 Å². The fourth-order valence-corrected chi connectivity index (χ4v) is 0.894. The minimum absolute atomic E-state index is 0.0396. The zero-order valence-electron chi connectivity index (χ0n) is 10.3. The van der Waals surface area contributed by atoms with Gasteiger partial charge in [0.15, 0.2) is 0 Å². The Morgan fingerprint density at radius 1 is 1.53 bits per heavy atom. The first-order chi connectivity index (χ1) is 7.76. The first-order valence-electron chi connectivity index (χ1n) is 5.12. The molecule has 0 saturated carbocycles. The van der Waals surface area contributed by atoms with Gasteiger partial charge in [0.1, 0.15) is 12.7 Å². The molecule has 0 aliphatic rings. The molecule has 0 aliphatic carbocycles. The van der Waals surface area contributed by atoms with Crippen molar-refractivity contribution in [3.8, 4) is 0 Å². The largest absolute Gasteiger partial charge is 0.459 e. The van der Waals surface area contributed by atoms with E-state index in [9.17, 15) is 4.79 Å². The van der Waals surface area contributed by atoms with Crippen LogP contribution in [0.25, 0.3) is 0 Å². The topological polar surface area (TPSA) is 44.8 Å². The van der Waals surface area contributed by atoms with Crippen LogP contribution in [-0.4, -0.2) is 35.5 Å². The summed E-state index contributed by atoms with van der Waals surface area (Å²) in [5.74, 6) is -0.295. The van der Waals surface area contributed by atoms with Crippen LogP contribution in [0.5, 0.6) is 0 Å². The van der Waals surface area contributed by atoms with E-state index in [1.54, 1.807) is 6.92 Å². The van der Waals surface area contributed by atoms with Crippen molar-refractivity contribution in [2.45, 2.75) is 31.2 Å². The maximum atomic E-state index is 11.1. The Balaban J connectivity index is 3.85. The van der Waals surface area contributed by atoms with Gasteiger partial charge >= 0.3 is 5.97 Å². The van der Waals surface area contributed by atoms with Crippen LogP contribution < -0.4 is 0 Å². The van der Waals surface area contributed by atoms with Gasteiger partial charge in [-0.3, -0.25) is 0 Å². The van der Waals surface area contributed by atoms with Crippen LogP contribution in [-0.2, 0) is 19.3 Å². The van der Waals surface area contributed by atoms with E-state index in [0.717, 1.165) is 0 Å². The van der Waals surface area contributed by atoms with Crippen molar-refractivity contribution in [3.05, 3.63) is 12.2 Å². The van der Waals surface area contributed by atoms with Crippen molar-refractivity contribution in [2.24, 2.45) is 0 Å². The minimum atomic E-state index is -0.491. The first-order valence-corrected chi connectivity index (χ1v) is 6.45. The Morgan fingerprint density at radius 2 is 2.12 bits per heavy atom. The summed E-state index contributed by atoms with van der Waals surface area (Å²) >= 11 is 9.05. The maximum Gasteiger partial charge on any atom is 0.333 e. The highest BCUT2D eigenvalue weighted by Crippen LogP contribution is 2.16. The van der Waals surface area contributed by atoms with Gasteiger partial charge in [-0.1, -0.05) is 22.5 Å². The number of halogens is 2. The summed E-state index contributed by atoms with van der Waals surface area (Å²) in [6.07, 6.45) is -0.491. The molecule has 0 N–H and O–H groups in total. The Hall–Kier alpha value is -0.100. The van der Waals surface area contributed by atoms with Crippen LogP contribution in [0.1, 0.15) is 20.8 Å². The number of rotatable bonds is 8. The number of carbonyl (C=O) groups excluding carboxylic acids is 1. The summed E-state index contributed by atoms with van der Waals surface area (Å²) < 4.78 is 4.72. The number of hydrogen-bond donors (Lipinski definition) is 0. The lowest BCUT2D eigenvalue weighted by Gasteiger charge is -2.18. The van der Waals surface area contributed by atoms with E-state index < -0.39 is 12.1 Å². The van der Waals surface area contributed by atoms with Crippen LogP contribution in [0.15, 0.2) is 12.2 Å². The molecule has 0 radical (unpaired) electrons. The summed E-state index contributed by atoms with van der Waals surface area (Å²) in [4.78, 5) is 21.2. The van der Waals surface area contributed by atoms with Crippen LogP contribution >= 0.6 is 27.5 Å². The summed E-state index contributed by atoms with van der Waals surface area (Å²) in [5.41, 5.74) is 0.334. The minimum Gasteiger partial charge on any atom is -0.459 e. The number of ether oxygens (including phenoxy) is 1. The quantitative estimate of drug-likeness (QED) is 0.226. The molecule has 0 bridgehead atoms. The highest BCUT2D eigenvalue weighted by atomic mass is 79.9. The number of alkyl halides is 2. The van der Waals surface area contributed by atoms with Crippen molar-refractivity contribution < 1.29 is 19.3 Å². The van der Waals surface area contributed by atoms with Crippen LogP contribution in [0.4, 0.5) is 0 Å². The highest BCUT2D eigenvalue weighted by Gasteiger charge is 2.17. The highest BCUT2D eigenvalue weighted by molar-refractivity contribution is 9.10. The zero-order chi connectivity index (χ0) is 13.5. The number of hydrogen-bond acceptors (Lipinski definition) is 4. The van der Waals surface area contributed by atoms with Gasteiger partial charge in [-0.15, -0.1) is 11.6 Å². The number of esters is 1. The fraction of sp³-hybridized carbons (Fsp3) is 0.727. The lowest BCUT2D eigenvalue weighted by molar-refractivity contribution is -0.326. The van der Waals surface area contributed by atoms with Crippen molar-refractivity contribution in [2.75, 3.05) is 19.1 Å². The first kappa shape index (κ1) is 16.9. The number of carbonyl (C=O) groups is 1. The molecule has 1 atom stereocenters. The van der Waals surface area contributed by atoms with Crippen LogP contribution in [0.3, 0.4) is 0 Å². The predicted octanol–water partition coefficient (Wildman–Crippen LogP) is 2.83. The van der Waals surface area contributed by atoms with E-state index in [2.05, 4.69) is 22.5 Å². The monoisotopic (exact) mass is 328 g/mol. The SMILES string of the molecule is C=C(C)C(=O)OCC(CCl)OOCC(C)(C)Br. The Labute approximate surface area is 115 Å². The Bertz CT molecular complexity index is 263. The average molecular weight is 330 g/mol. The molecule has 17 heavy (non-hydrogen) atoms. The third kappa shape index (κ3) is 9.59. The van der Waals surface area contributed by atoms with Gasteiger partial charge in [-0.25, -0.2) is 14.6 Å². The second-order valence-electron chi connectivity index (χ2n) is 4.23. The third-order valence-corrected chi connectivity index (χ3v) is 2.10. The van der Waals surface area contributed by atoms with Gasteiger partial charge in [0.25, 0.3) is 0 Å². The third-order valence-electron chi connectivity index (χ3n) is 1.53. The lowest BCUT2D eigenvalue weighted by Crippen LogP contribution is -2.27. The Kier molecular flexibility index (Phi) is 8.03. The molecule has 0 aromatic carbocycles. The molecule has 0 amide bonds. The summed E-state index contributed by atoms with van der Waals surface area (Å²) in [7, 11) is 0. The maximum absolute atomic E-state index is 11.1. The smallest absolute Gasteiger partial charge is 0.333 e. The lowest BCUT2D eigenvalue weighted by atomic mass is 10.2. The molecular weight excluding hydrogens is 311 g/mol. The van der Waals surface area contributed by atoms with E-state index in [4.69, 9.17) is 26.1 Å². The molecule has 4 nitrogen and oxygen atoms in total. The van der Waals surface area contributed by atoms with Gasteiger partial charge in [0.2, 0.25) is 0 Å². The molecule has 0 spiro atoms. The molecule has 1 unspecified atom stereocenters. The van der Waals surface area contributed by atoms with Crippen molar-refractivity contribution in [1.29, 1.82) is 0 Å². The predicted molar refractivity (Wildman–Crippen MR) is 70.3 cm³/mol.